The summed E-state index contributed by atoms with van der Waals surface area (Å²) in [4.78, 5) is 19.2. The summed E-state index contributed by atoms with van der Waals surface area (Å²) in [6.07, 6.45) is 2.70. The molecule has 0 spiro atoms. The van der Waals surface area contributed by atoms with Crippen molar-refractivity contribution in [2.24, 2.45) is 11.7 Å². The molecule has 1 fully saturated rings. The maximum atomic E-state index is 13.3. The first kappa shape index (κ1) is 18.6. The van der Waals surface area contributed by atoms with Gasteiger partial charge in [-0.1, -0.05) is 36.4 Å². The number of nitrogens with two attached hydrogens (primary N) is 1. The summed E-state index contributed by atoms with van der Waals surface area (Å²) in [7, 11) is -3.57. The van der Waals surface area contributed by atoms with E-state index in [9.17, 15) is 13.2 Å². The van der Waals surface area contributed by atoms with Crippen LogP contribution in [0.1, 0.15) is 22.0 Å². The van der Waals surface area contributed by atoms with Gasteiger partial charge in [-0.05, 0) is 30.2 Å². The van der Waals surface area contributed by atoms with E-state index < -0.39 is 9.84 Å². The van der Waals surface area contributed by atoms with Crippen LogP contribution in [-0.2, 0) is 9.84 Å². The molecule has 0 unspecified atom stereocenters. The predicted molar refractivity (Wildman–Crippen MR) is 106 cm³/mol. The standard InChI is InChI=1S/C20H22N4O3S/c1-28(26,27)20-22-18(17-9-5-6-10-24(17)20)19(25)23-12-15(11-21)16(13-23)14-7-3-2-4-8-14/h2-10,15-16H,11-13,21H2,1H3/t15-,16+/m1/s1. The van der Waals surface area contributed by atoms with Crippen LogP contribution in [0.4, 0.5) is 0 Å². The summed E-state index contributed by atoms with van der Waals surface area (Å²) >= 11 is 0. The molecule has 7 nitrogen and oxygen atoms in total. The van der Waals surface area contributed by atoms with Gasteiger partial charge in [-0.3, -0.25) is 9.20 Å². The van der Waals surface area contributed by atoms with Gasteiger partial charge in [0.15, 0.2) is 5.69 Å². The van der Waals surface area contributed by atoms with E-state index in [0.29, 0.717) is 25.2 Å². The predicted octanol–water partition coefficient (Wildman–Crippen LogP) is 1.55. The normalized spacial score (nSPS) is 20.0. The van der Waals surface area contributed by atoms with Crippen LogP contribution in [0.3, 0.4) is 0 Å². The number of sulfone groups is 1. The molecule has 28 heavy (non-hydrogen) atoms. The van der Waals surface area contributed by atoms with Crippen LogP contribution in [0.25, 0.3) is 5.52 Å². The molecule has 0 radical (unpaired) electrons. The zero-order chi connectivity index (χ0) is 19.9. The van der Waals surface area contributed by atoms with Crippen LogP contribution in [0, 0.1) is 5.92 Å². The Morgan fingerprint density at radius 3 is 2.54 bits per heavy atom. The van der Waals surface area contributed by atoms with Crippen molar-refractivity contribution in [1.29, 1.82) is 0 Å². The minimum atomic E-state index is -3.57. The highest BCUT2D eigenvalue weighted by Crippen LogP contribution is 2.33. The van der Waals surface area contributed by atoms with Crippen molar-refractivity contribution in [3.63, 3.8) is 0 Å². The second-order valence-electron chi connectivity index (χ2n) is 7.19. The highest BCUT2D eigenvalue weighted by atomic mass is 32.2. The Balaban J connectivity index is 1.71. The van der Waals surface area contributed by atoms with E-state index in [-0.39, 0.29) is 28.6 Å². The second-order valence-corrected chi connectivity index (χ2v) is 9.10. The minimum Gasteiger partial charge on any atom is -0.336 e. The van der Waals surface area contributed by atoms with Crippen molar-refractivity contribution in [2.45, 2.75) is 11.1 Å². The topological polar surface area (TPSA) is 97.8 Å². The third-order valence-corrected chi connectivity index (χ3v) is 6.26. The van der Waals surface area contributed by atoms with E-state index in [1.807, 2.05) is 18.2 Å². The molecule has 1 aliphatic rings. The van der Waals surface area contributed by atoms with E-state index in [1.165, 1.54) is 4.40 Å². The lowest BCUT2D eigenvalue weighted by Gasteiger charge is -2.16. The summed E-state index contributed by atoms with van der Waals surface area (Å²) in [5.41, 5.74) is 7.77. The fraction of sp³-hybridized carbons (Fsp3) is 0.300. The summed E-state index contributed by atoms with van der Waals surface area (Å²) in [5, 5.41) is -0.124. The van der Waals surface area contributed by atoms with Crippen molar-refractivity contribution in [3.8, 4) is 0 Å². The Morgan fingerprint density at radius 2 is 1.86 bits per heavy atom. The highest BCUT2D eigenvalue weighted by molar-refractivity contribution is 7.90. The van der Waals surface area contributed by atoms with E-state index in [0.717, 1.165) is 11.8 Å². The molecule has 1 aromatic carbocycles. The van der Waals surface area contributed by atoms with E-state index in [4.69, 9.17) is 5.73 Å². The van der Waals surface area contributed by atoms with E-state index in [1.54, 1.807) is 29.3 Å². The van der Waals surface area contributed by atoms with Crippen LogP contribution < -0.4 is 5.73 Å². The van der Waals surface area contributed by atoms with Crippen LogP contribution in [-0.4, -0.2) is 54.5 Å². The maximum absolute atomic E-state index is 13.3. The Hall–Kier alpha value is -2.71. The lowest BCUT2D eigenvalue weighted by molar-refractivity contribution is 0.0782. The number of carbonyl (C=O) groups is 1. The van der Waals surface area contributed by atoms with Gasteiger partial charge in [0.2, 0.25) is 15.0 Å². The number of aromatic nitrogens is 2. The molecular formula is C20H22N4O3S. The zero-order valence-electron chi connectivity index (χ0n) is 15.5. The van der Waals surface area contributed by atoms with Crippen LogP contribution in [0.15, 0.2) is 59.9 Å². The molecule has 1 saturated heterocycles. The van der Waals surface area contributed by atoms with Gasteiger partial charge >= 0.3 is 0 Å². The smallest absolute Gasteiger partial charge is 0.274 e. The summed E-state index contributed by atoms with van der Waals surface area (Å²) in [5.74, 6) is 0.0310. The molecule has 2 atom stereocenters. The van der Waals surface area contributed by atoms with Crippen LogP contribution in [0.2, 0.25) is 0 Å². The third kappa shape index (κ3) is 3.18. The van der Waals surface area contributed by atoms with Gasteiger partial charge < -0.3 is 10.6 Å². The number of nitrogens with zero attached hydrogens (tertiary/aromatic N) is 3. The fourth-order valence-corrected chi connectivity index (χ4v) is 4.71. The summed E-state index contributed by atoms with van der Waals surface area (Å²) in [6, 6.07) is 15.2. The van der Waals surface area contributed by atoms with Crippen molar-refractivity contribution < 1.29 is 13.2 Å². The third-order valence-electron chi connectivity index (χ3n) is 5.31. The number of carbonyl (C=O) groups excluding carboxylic acids is 1. The van der Waals surface area contributed by atoms with E-state index in [2.05, 4.69) is 17.1 Å². The van der Waals surface area contributed by atoms with Gasteiger partial charge in [-0.25, -0.2) is 13.4 Å². The molecule has 2 aromatic heterocycles. The molecule has 1 aliphatic heterocycles. The molecule has 8 heteroatoms. The molecule has 3 heterocycles. The van der Waals surface area contributed by atoms with Crippen molar-refractivity contribution in [1.82, 2.24) is 14.3 Å². The molecule has 0 bridgehead atoms. The summed E-state index contributed by atoms with van der Waals surface area (Å²) < 4.78 is 25.7. The Labute approximate surface area is 163 Å². The molecule has 0 aliphatic carbocycles. The molecular weight excluding hydrogens is 376 g/mol. The molecule has 146 valence electrons. The zero-order valence-corrected chi connectivity index (χ0v) is 16.3. The first-order valence-corrected chi connectivity index (χ1v) is 11.0. The molecule has 2 N–H and O–H groups in total. The Morgan fingerprint density at radius 1 is 1.14 bits per heavy atom. The highest BCUT2D eigenvalue weighted by Gasteiger charge is 2.37. The number of pyridine rings is 1. The molecule has 4 rings (SSSR count). The Kier molecular flexibility index (Phi) is 4.68. The van der Waals surface area contributed by atoms with Crippen molar-refractivity contribution >= 4 is 21.3 Å². The van der Waals surface area contributed by atoms with Crippen molar-refractivity contribution in [2.75, 3.05) is 25.9 Å². The van der Waals surface area contributed by atoms with Gasteiger partial charge in [0.25, 0.3) is 5.91 Å². The first-order chi connectivity index (χ1) is 13.4. The van der Waals surface area contributed by atoms with Gasteiger partial charge in [0.1, 0.15) is 0 Å². The average molecular weight is 398 g/mol. The van der Waals surface area contributed by atoms with Crippen LogP contribution in [0.5, 0.6) is 0 Å². The molecule has 0 saturated carbocycles. The maximum Gasteiger partial charge on any atom is 0.274 e. The lowest BCUT2D eigenvalue weighted by atomic mass is 9.89. The summed E-state index contributed by atoms with van der Waals surface area (Å²) in [6.45, 7) is 1.53. The number of rotatable bonds is 4. The lowest BCUT2D eigenvalue weighted by Crippen LogP contribution is -2.30. The van der Waals surface area contributed by atoms with Gasteiger partial charge in [0, 0.05) is 31.5 Å². The Bertz CT molecular complexity index is 1120. The van der Waals surface area contributed by atoms with Gasteiger partial charge in [0.05, 0.1) is 5.52 Å². The van der Waals surface area contributed by atoms with Crippen LogP contribution >= 0.6 is 0 Å². The molecule has 3 aromatic rings. The van der Waals surface area contributed by atoms with Gasteiger partial charge in [-0.15, -0.1) is 0 Å². The average Bonchev–Trinajstić information content (AvgIpc) is 3.30. The largest absolute Gasteiger partial charge is 0.336 e. The first-order valence-electron chi connectivity index (χ1n) is 9.11. The van der Waals surface area contributed by atoms with Gasteiger partial charge in [-0.2, -0.15) is 0 Å². The monoisotopic (exact) mass is 398 g/mol. The number of hydrogen-bond donors (Lipinski definition) is 1. The molecule has 1 amide bonds. The number of fused-ring (bicyclic) bond motifs is 1. The quantitative estimate of drug-likeness (QED) is 0.719. The number of hydrogen-bond acceptors (Lipinski definition) is 5. The second kappa shape index (κ2) is 7.03. The minimum absolute atomic E-state index is 0.124. The number of benzene rings is 1. The van der Waals surface area contributed by atoms with Crippen molar-refractivity contribution in [3.05, 3.63) is 66.0 Å². The fourth-order valence-electron chi connectivity index (χ4n) is 3.93. The number of amides is 1. The SMILES string of the molecule is CS(=O)(=O)c1nc(C(=O)N2C[C@@H](CN)[C@H](c3ccccc3)C2)c2ccccn12. The number of likely N-dealkylation sites (tertiary alicyclic amines) is 1. The van der Waals surface area contributed by atoms with E-state index >= 15 is 0 Å². The number of imidazole rings is 1.